The lowest BCUT2D eigenvalue weighted by molar-refractivity contribution is 0.0335. The fourth-order valence-corrected chi connectivity index (χ4v) is 3.20. The van der Waals surface area contributed by atoms with Gasteiger partial charge in [0.2, 0.25) is 0 Å². The van der Waals surface area contributed by atoms with Crippen molar-refractivity contribution < 1.29 is 0 Å². The van der Waals surface area contributed by atoms with Gasteiger partial charge in [0.1, 0.15) is 0 Å². The molecular weight excluding hydrogens is 192 g/mol. The van der Waals surface area contributed by atoms with Gasteiger partial charge in [-0.05, 0) is 35.5 Å². The normalized spacial score (nSPS) is 27.0. The van der Waals surface area contributed by atoms with Crippen LogP contribution in [0, 0.1) is 22.7 Å². The molecule has 0 amide bonds. The molecule has 0 heteroatoms. The van der Waals surface area contributed by atoms with E-state index in [4.69, 9.17) is 0 Å². The van der Waals surface area contributed by atoms with Crippen LogP contribution in [0.4, 0.5) is 0 Å². The van der Waals surface area contributed by atoms with Crippen molar-refractivity contribution in [3.8, 4) is 0 Å². The maximum atomic E-state index is 2.42. The van der Waals surface area contributed by atoms with E-state index in [0.717, 1.165) is 11.8 Å². The van der Waals surface area contributed by atoms with Gasteiger partial charge in [-0.25, -0.2) is 0 Å². The largest absolute Gasteiger partial charge is 0.0683 e. The number of hydrogen-bond donors (Lipinski definition) is 0. The fourth-order valence-electron chi connectivity index (χ4n) is 3.20. The van der Waals surface area contributed by atoms with Crippen LogP contribution < -0.4 is 0 Å². The number of hydrogen-bond acceptors (Lipinski definition) is 0. The van der Waals surface area contributed by atoms with E-state index in [1.165, 1.54) is 25.7 Å². The molecule has 1 aliphatic carbocycles. The Morgan fingerprint density at radius 2 is 0.875 bits per heavy atom. The van der Waals surface area contributed by atoms with Crippen molar-refractivity contribution in [3.05, 3.63) is 0 Å². The first-order valence-corrected chi connectivity index (χ1v) is 7.23. The van der Waals surface area contributed by atoms with Crippen LogP contribution in [0.2, 0.25) is 0 Å². The molecule has 0 N–H and O–H groups in total. The first-order valence-electron chi connectivity index (χ1n) is 7.23. The quantitative estimate of drug-likeness (QED) is 0.481. The predicted octanol–water partition coefficient (Wildman–Crippen LogP) is 5.91. The van der Waals surface area contributed by atoms with Gasteiger partial charge in [0.25, 0.3) is 0 Å². The molecule has 0 aromatic carbocycles. The Kier molecular flexibility index (Phi) is 6.07. The molecule has 0 aliphatic heterocycles. The number of rotatable bonds is 0. The molecular formula is C16H34. The smallest absolute Gasteiger partial charge is 0.0332 e. The summed E-state index contributed by atoms with van der Waals surface area (Å²) < 4.78 is 0. The van der Waals surface area contributed by atoms with Crippen LogP contribution in [0.3, 0.4) is 0 Å². The van der Waals surface area contributed by atoms with E-state index >= 15 is 0 Å². The van der Waals surface area contributed by atoms with E-state index in [-0.39, 0.29) is 0 Å². The van der Waals surface area contributed by atoms with E-state index in [0.29, 0.717) is 10.8 Å². The Hall–Kier alpha value is 0. The third-order valence-electron chi connectivity index (χ3n) is 3.99. The molecule has 2 atom stereocenters. The Labute approximate surface area is 104 Å². The zero-order valence-electron chi connectivity index (χ0n) is 13.0. The Morgan fingerprint density at radius 3 is 1.06 bits per heavy atom. The zero-order chi connectivity index (χ0) is 13.0. The predicted molar refractivity (Wildman–Crippen MR) is 75.7 cm³/mol. The summed E-state index contributed by atoms with van der Waals surface area (Å²) in [5.41, 5.74) is 0.997. The highest BCUT2D eigenvalue weighted by molar-refractivity contribution is 4.89. The Morgan fingerprint density at radius 1 is 0.625 bits per heavy atom. The third-order valence-corrected chi connectivity index (χ3v) is 3.99. The average molecular weight is 226 g/mol. The molecule has 1 unspecified atom stereocenters. The van der Waals surface area contributed by atoms with Crippen LogP contribution in [-0.4, -0.2) is 0 Å². The SMILES string of the molecule is CC.CC(C)(C)C1CCCC[C@@H]1C(C)(C)C. The van der Waals surface area contributed by atoms with Crippen LogP contribution >= 0.6 is 0 Å². The highest BCUT2D eigenvalue weighted by Gasteiger charge is 2.39. The minimum atomic E-state index is 0.498. The lowest BCUT2D eigenvalue weighted by atomic mass is 9.59. The van der Waals surface area contributed by atoms with E-state index in [1.54, 1.807) is 0 Å². The highest BCUT2D eigenvalue weighted by Crippen LogP contribution is 2.48. The molecule has 16 heavy (non-hydrogen) atoms. The first kappa shape index (κ1) is 16.0. The lowest BCUT2D eigenvalue weighted by Gasteiger charge is -2.46. The molecule has 0 spiro atoms. The minimum Gasteiger partial charge on any atom is -0.0683 e. The maximum Gasteiger partial charge on any atom is -0.0332 e. The van der Waals surface area contributed by atoms with Crippen LogP contribution in [0.25, 0.3) is 0 Å². The van der Waals surface area contributed by atoms with Gasteiger partial charge >= 0.3 is 0 Å². The second-order valence-corrected chi connectivity index (χ2v) is 7.23. The van der Waals surface area contributed by atoms with Crippen LogP contribution in [0.5, 0.6) is 0 Å². The van der Waals surface area contributed by atoms with E-state index in [2.05, 4.69) is 41.5 Å². The first-order chi connectivity index (χ1) is 7.23. The Bertz CT molecular complexity index is 155. The molecule has 0 aromatic rings. The standard InChI is InChI=1S/C14H28.C2H6/c1-13(2,3)11-9-7-8-10-12(11)14(4,5)6;1-2/h11-12H,7-10H2,1-6H3;1-2H3/t11-,12?;/m0./s1. The van der Waals surface area contributed by atoms with Gasteiger partial charge in [-0.15, -0.1) is 0 Å². The van der Waals surface area contributed by atoms with E-state index < -0.39 is 0 Å². The molecule has 0 heterocycles. The molecule has 0 aromatic heterocycles. The molecule has 1 saturated carbocycles. The topological polar surface area (TPSA) is 0 Å². The summed E-state index contributed by atoms with van der Waals surface area (Å²) >= 11 is 0. The van der Waals surface area contributed by atoms with Gasteiger partial charge in [0.15, 0.2) is 0 Å². The summed E-state index contributed by atoms with van der Waals surface area (Å²) in [6, 6.07) is 0. The van der Waals surface area contributed by atoms with E-state index in [1.807, 2.05) is 13.8 Å². The molecule has 1 rings (SSSR count). The van der Waals surface area contributed by atoms with Gasteiger partial charge in [0.05, 0.1) is 0 Å². The molecule has 0 radical (unpaired) electrons. The molecule has 1 aliphatic rings. The molecule has 0 bridgehead atoms. The van der Waals surface area contributed by atoms with Crippen molar-refractivity contribution in [1.82, 2.24) is 0 Å². The van der Waals surface area contributed by atoms with Crippen LogP contribution in [0.1, 0.15) is 81.1 Å². The van der Waals surface area contributed by atoms with Crippen molar-refractivity contribution in [1.29, 1.82) is 0 Å². The summed E-state index contributed by atoms with van der Waals surface area (Å²) in [5.74, 6) is 1.85. The Balaban J connectivity index is 0.00000106. The molecule has 0 saturated heterocycles. The van der Waals surface area contributed by atoms with Gasteiger partial charge in [0, 0.05) is 0 Å². The second-order valence-electron chi connectivity index (χ2n) is 7.23. The van der Waals surface area contributed by atoms with Crippen molar-refractivity contribution in [2.45, 2.75) is 81.1 Å². The van der Waals surface area contributed by atoms with Gasteiger partial charge in [-0.1, -0.05) is 68.2 Å². The highest BCUT2D eigenvalue weighted by atomic mass is 14.4. The second kappa shape index (κ2) is 6.07. The maximum absolute atomic E-state index is 2.42. The lowest BCUT2D eigenvalue weighted by Crippen LogP contribution is -2.38. The zero-order valence-corrected chi connectivity index (χ0v) is 13.0. The van der Waals surface area contributed by atoms with Crippen molar-refractivity contribution in [2.75, 3.05) is 0 Å². The molecule has 1 fully saturated rings. The summed E-state index contributed by atoms with van der Waals surface area (Å²) in [6.45, 7) is 18.5. The molecule has 98 valence electrons. The third kappa shape index (κ3) is 4.47. The van der Waals surface area contributed by atoms with Gasteiger partial charge in [-0.3, -0.25) is 0 Å². The monoisotopic (exact) mass is 226 g/mol. The minimum absolute atomic E-state index is 0.498. The van der Waals surface area contributed by atoms with Crippen molar-refractivity contribution in [2.24, 2.45) is 22.7 Å². The van der Waals surface area contributed by atoms with Gasteiger partial charge in [-0.2, -0.15) is 0 Å². The van der Waals surface area contributed by atoms with Crippen LogP contribution in [-0.2, 0) is 0 Å². The van der Waals surface area contributed by atoms with E-state index in [9.17, 15) is 0 Å². The van der Waals surface area contributed by atoms with Crippen molar-refractivity contribution >= 4 is 0 Å². The summed E-state index contributed by atoms with van der Waals surface area (Å²) in [6.07, 6.45) is 5.81. The average Bonchev–Trinajstić information content (AvgIpc) is 2.18. The fraction of sp³-hybridized carbons (Fsp3) is 1.00. The molecule has 0 nitrogen and oxygen atoms in total. The van der Waals surface area contributed by atoms with Crippen LogP contribution in [0.15, 0.2) is 0 Å². The summed E-state index contributed by atoms with van der Waals surface area (Å²) in [7, 11) is 0. The van der Waals surface area contributed by atoms with Crippen molar-refractivity contribution in [3.63, 3.8) is 0 Å². The summed E-state index contributed by atoms with van der Waals surface area (Å²) in [5, 5.41) is 0. The summed E-state index contributed by atoms with van der Waals surface area (Å²) in [4.78, 5) is 0. The van der Waals surface area contributed by atoms with Gasteiger partial charge < -0.3 is 0 Å².